The Balaban J connectivity index is 2.19. The molecule has 0 saturated carbocycles. The van der Waals surface area contributed by atoms with Crippen molar-refractivity contribution in [3.05, 3.63) is 36.2 Å². The molecule has 0 radical (unpaired) electrons. The molecule has 0 fully saturated rings. The minimum atomic E-state index is -3.78. The summed E-state index contributed by atoms with van der Waals surface area (Å²) in [6.45, 7) is -1.35. The van der Waals surface area contributed by atoms with Gasteiger partial charge in [-0.2, -0.15) is 13.9 Å². The highest BCUT2D eigenvalue weighted by atomic mass is 32.2. The quantitative estimate of drug-likeness (QED) is 0.917. The zero-order chi connectivity index (χ0) is 15.6. The number of benzene rings is 1. The van der Waals surface area contributed by atoms with Gasteiger partial charge in [0, 0.05) is 18.9 Å². The molecule has 21 heavy (non-hydrogen) atoms. The van der Waals surface area contributed by atoms with Crippen molar-refractivity contribution in [3.63, 3.8) is 0 Å². The molecule has 114 valence electrons. The van der Waals surface area contributed by atoms with E-state index in [4.69, 9.17) is 0 Å². The molecule has 1 aromatic carbocycles. The van der Waals surface area contributed by atoms with Gasteiger partial charge < -0.3 is 4.74 Å². The van der Waals surface area contributed by atoms with E-state index in [0.29, 0.717) is 5.69 Å². The average molecular weight is 317 g/mol. The molecule has 2 aromatic rings. The summed E-state index contributed by atoms with van der Waals surface area (Å²) in [7, 11) is -2.17. The standard InChI is InChI=1S/C12H13F2N3O3S/c1-8-11(7-17(2)15-8)21(18,19)16-9-3-5-10(6-4-9)20-12(13)14/h3-7,12,16H,1-2H3. The second-order valence-corrected chi connectivity index (χ2v) is 5.91. The van der Waals surface area contributed by atoms with Crippen molar-refractivity contribution in [1.29, 1.82) is 0 Å². The molecule has 1 aromatic heterocycles. The van der Waals surface area contributed by atoms with Crippen LogP contribution in [0.25, 0.3) is 0 Å². The Bertz CT molecular complexity index is 727. The number of anilines is 1. The van der Waals surface area contributed by atoms with Gasteiger partial charge in [-0.25, -0.2) is 8.42 Å². The van der Waals surface area contributed by atoms with E-state index in [-0.39, 0.29) is 16.3 Å². The van der Waals surface area contributed by atoms with Crippen LogP contribution in [0.2, 0.25) is 0 Å². The van der Waals surface area contributed by atoms with Crippen molar-refractivity contribution < 1.29 is 21.9 Å². The van der Waals surface area contributed by atoms with Gasteiger partial charge in [0.05, 0.1) is 5.69 Å². The van der Waals surface area contributed by atoms with E-state index < -0.39 is 16.6 Å². The monoisotopic (exact) mass is 317 g/mol. The third-order valence-electron chi connectivity index (χ3n) is 2.59. The first-order chi connectivity index (χ1) is 9.78. The first kappa shape index (κ1) is 15.2. The number of ether oxygens (including phenoxy) is 1. The number of nitrogens with one attached hydrogen (secondary N) is 1. The van der Waals surface area contributed by atoms with Crippen LogP contribution < -0.4 is 9.46 Å². The zero-order valence-corrected chi connectivity index (χ0v) is 12.1. The first-order valence-electron chi connectivity index (χ1n) is 5.86. The minimum absolute atomic E-state index is 0.0505. The summed E-state index contributed by atoms with van der Waals surface area (Å²) >= 11 is 0. The smallest absolute Gasteiger partial charge is 0.387 e. The van der Waals surface area contributed by atoms with E-state index in [1.807, 2.05) is 0 Å². The summed E-state index contributed by atoms with van der Waals surface area (Å²) in [6, 6.07) is 5.17. The second kappa shape index (κ2) is 5.68. The van der Waals surface area contributed by atoms with Gasteiger partial charge in [0.1, 0.15) is 10.6 Å². The number of aromatic nitrogens is 2. The highest BCUT2D eigenvalue weighted by Gasteiger charge is 2.19. The first-order valence-corrected chi connectivity index (χ1v) is 7.34. The second-order valence-electron chi connectivity index (χ2n) is 4.26. The van der Waals surface area contributed by atoms with Crippen LogP contribution in [0.4, 0.5) is 14.5 Å². The maximum atomic E-state index is 12.2. The fourth-order valence-electron chi connectivity index (χ4n) is 1.76. The summed E-state index contributed by atoms with van der Waals surface area (Å²) in [5.41, 5.74) is 0.600. The molecule has 0 atom stereocenters. The van der Waals surface area contributed by atoms with Gasteiger partial charge in [0.15, 0.2) is 0 Å². The molecule has 0 amide bonds. The highest BCUT2D eigenvalue weighted by molar-refractivity contribution is 7.92. The molecule has 0 spiro atoms. The van der Waals surface area contributed by atoms with E-state index >= 15 is 0 Å². The Kier molecular flexibility index (Phi) is 4.12. The van der Waals surface area contributed by atoms with Crippen LogP contribution in [0.5, 0.6) is 5.75 Å². The largest absolute Gasteiger partial charge is 0.435 e. The lowest BCUT2D eigenvalue weighted by Gasteiger charge is -2.08. The molecule has 1 heterocycles. The number of hydrogen-bond donors (Lipinski definition) is 1. The zero-order valence-electron chi connectivity index (χ0n) is 11.2. The third kappa shape index (κ3) is 3.69. The van der Waals surface area contributed by atoms with Crippen LogP contribution >= 0.6 is 0 Å². The molecule has 0 aliphatic carbocycles. The Labute approximate surface area is 120 Å². The fraction of sp³-hybridized carbons (Fsp3) is 0.250. The number of sulfonamides is 1. The van der Waals surface area contributed by atoms with Crippen molar-refractivity contribution in [2.24, 2.45) is 7.05 Å². The lowest BCUT2D eigenvalue weighted by molar-refractivity contribution is -0.0498. The van der Waals surface area contributed by atoms with Gasteiger partial charge >= 0.3 is 6.61 Å². The van der Waals surface area contributed by atoms with Crippen LogP contribution in [-0.4, -0.2) is 24.8 Å². The fourth-order valence-corrected chi connectivity index (χ4v) is 3.03. The van der Waals surface area contributed by atoms with Crippen LogP contribution in [0.1, 0.15) is 5.69 Å². The van der Waals surface area contributed by atoms with E-state index in [0.717, 1.165) is 0 Å². The maximum Gasteiger partial charge on any atom is 0.387 e. The topological polar surface area (TPSA) is 73.2 Å². The number of aryl methyl sites for hydroxylation is 2. The van der Waals surface area contributed by atoms with Gasteiger partial charge in [-0.15, -0.1) is 0 Å². The van der Waals surface area contributed by atoms with E-state index in [2.05, 4.69) is 14.6 Å². The van der Waals surface area contributed by atoms with Crippen LogP contribution in [0.3, 0.4) is 0 Å². The number of hydrogen-bond acceptors (Lipinski definition) is 4. The van der Waals surface area contributed by atoms with Crippen molar-refractivity contribution in [2.45, 2.75) is 18.4 Å². The van der Waals surface area contributed by atoms with E-state index in [1.165, 1.54) is 35.1 Å². The van der Waals surface area contributed by atoms with Gasteiger partial charge in [-0.1, -0.05) is 0 Å². The minimum Gasteiger partial charge on any atom is -0.435 e. The van der Waals surface area contributed by atoms with Crippen molar-refractivity contribution >= 4 is 15.7 Å². The van der Waals surface area contributed by atoms with Gasteiger partial charge in [0.2, 0.25) is 0 Å². The summed E-state index contributed by atoms with van der Waals surface area (Å²) in [6.07, 6.45) is 1.38. The Hall–Kier alpha value is -2.16. The lowest BCUT2D eigenvalue weighted by atomic mass is 10.3. The van der Waals surface area contributed by atoms with E-state index in [1.54, 1.807) is 14.0 Å². The normalized spacial score (nSPS) is 11.7. The molecule has 0 saturated heterocycles. The molecular weight excluding hydrogens is 304 g/mol. The van der Waals surface area contributed by atoms with Gasteiger partial charge in [-0.3, -0.25) is 9.40 Å². The molecule has 0 unspecified atom stereocenters. The Morgan fingerprint density at radius 3 is 2.38 bits per heavy atom. The molecular formula is C12H13F2N3O3S. The van der Waals surface area contributed by atoms with Gasteiger partial charge in [-0.05, 0) is 31.2 Å². The number of alkyl halides is 2. The van der Waals surface area contributed by atoms with Crippen molar-refractivity contribution in [2.75, 3.05) is 4.72 Å². The molecule has 1 N–H and O–H groups in total. The van der Waals surface area contributed by atoms with Crippen LogP contribution in [0.15, 0.2) is 35.4 Å². The third-order valence-corrected chi connectivity index (χ3v) is 4.07. The van der Waals surface area contributed by atoms with Crippen molar-refractivity contribution in [3.8, 4) is 5.75 Å². The van der Waals surface area contributed by atoms with Crippen LogP contribution in [-0.2, 0) is 17.1 Å². The summed E-state index contributed by atoms with van der Waals surface area (Å²) in [5, 5.41) is 3.96. The molecule has 9 heteroatoms. The molecule has 0 aliphatic rings. The Morgan fingerprint density at radius 2 is 1.90 bits per heavy atom. The predicted molar refractivity (Wildman–Crippen MR) is 71.8 cm³/mol. The SMILES string of the molecule is Cc1nn(C)cc1S(=O)(=O)Nc1ccc(OC(F)F)cc1. The summed E-state index contributed by atoms with van der Waals surface area (Å²) in [5.74, 6) is -0.0505. The Morgan fingerprint density at radius 1 is 1.29 bits per heavy atom. The maximum absolute atomic E-state index is 12.2. The molecule has 0 aliphatic heterocycles. The summed E-state index contributed by atoms with van der Waals surface area (Å²) < 4.78 is 56.3. The predicted octanol–water partition coefficient (Wildman–Crippen LogP) is 2.13. The highest BCUT2D eigenvalue weighted by Crippen LogP contribution is 2.21. The van der Waals surface area contributed by atoms with Crippen molar-refractivity contribution in [1.82, 2.24) is 9.78 Å². The molecule has 2 rings (SSSR count). The average Bonchev–Trinajstić information content (AvgIpc) is 2.71. The van der Waals surface area contributed by atoms with Gasteiger partial charge in [0.25, 0.3) is 10.0 Å². The lowest BCUT2D eigenvalue weighted by Crippen LogP contribution is -2.13. The number of rotatable bonds is 5. The summed E-state index contributed by atoms with van der Waals surface area (Å²) in [4.78, 5) is 0.0536. The van der Waals surface area contributed by atoms with E-state index in [9.17, 15) is 17.2 Å². The molecule has 0 bridgehead atoms. The number of nitrogens with zero attached hydrogens (tertiary/aromatic N) is 2. The molecule has 6 nitrogen and oxygen atoms in total. The van der Waals surface area contributed by atoms with Crippen LogP contribution in [0, 0.1) is 6.92 Å². The number of halogens is 2.